The molecule has 0 spiro atoms. The molecule has 0 radical (unpaired) electrons. The topological polar surface area (TPSA) is 44.5 Å². The SMILES string of the molecule is COc1c(C)cc(CCN)c(OC)c1Cl. The number of aryl methyl sites for hydroxylation is 1. The highest BCUT2D eigenvalue weighted by molar-refractivity contribution is 6.33. The molecular weight excluding hydrogens is 214 g/mol. The van der Waals surface area contributed by atoms with Crippen LogP contribution >= 0.6 is 11.6 Å². The van der Waals surface area contributed by atoms with Crippen molar-refractivity contribution >= 4 is 11.6 Å². The monoisotopic (exact) mass is 229 g/mol. The van der Waals surface area contributed by atoms with E-state index in [1.165, 1.54) is 0 Å². The predicted octanol–water partition coefficient (Wildman–Crippen LogP) is 2.17. The van der Waals surface area contributed by atoms with E-state index in [-0.39, 0.29) is 0 Å². The van der Waals surface area contributed by atoms with Crippen molar-refractivity contribution in [1.82, 2.24) is 0 Å². The van der Waals surface area contributed by atoms with E-state index >= 15 is 0 Å². The second kappa shape index (κ2) is 5.24. The van der Waals surface area contributed by atoms with Gasteiger partial charge < -0.3 is 15.2 Å². The van der Waals surface area contributed by atoms with Crippen LogP contribution in [-0.4, -0.2) is 20.8 Å². The Bertz CT molecular complexity index is 353. The Balaban J connectivity index is 3.30. The van der Waals surface area contributed by atoms with Crippen LogP contribution in [0.1, 0.15) is 11.1 Å². The van der Waals surface area contributed by atoms with Crippen LogP contribution in [0.25, 0.3) is 0 Å². The highest BCUT2D eigenvalue weighted by Gasteiger charge is 2.15. The van der Waals surface area contributed by atoms with Crippen LogP contribution < -0.4 is 15.2 Å². The second-order valence-electron chi connectivity index (χ2n) is 3.27. The maximum absolute atomic E-state index is 6.16. The summed E-state index contributed by atoms with van der Waals surface area (Å²) in [6.45, 7) is 2.52. The molecule has 0 saturated heterocycles. The fourth-order valence-corrected chi connectivity index (χ4v) is 2.05. The third-order valence-corrected chi connectivity index (χ3v) is 2.60. The van der Waals surface area contributed by atoms with Gasteiger partial charge in [0.2, 0.25) is 0 Å². The Hall–Kier alpha value is -0.930. The normalized spacial score (nSPS) is 10.2. The summed E-state index contributed by atoms with van der Waals surface area (Å²) >= 11 is 6.16. The summed E-state index contributed by atoms with van der Waals surface area (Å²) in [6.07, 6.45) is 0.744. The first-order valence-electron chi connectivity index (χ1n) is 4.75. The molecule has 1 aromatic carbocycles. The minimum absolute atomic E-state index is 0.517. The van der Waals surface area contributed by atoms with Gasteiger partial charge in [-0.25, -0.2) is 0 Å². The van der Waals surface area contributed by atoms with Crippen molar-refractivity contribution in [1.29, 1.82) is 0 Å². The van der Waals surface area contributed by atoms with Crippen molar-refractivity contribution in [2.45, 2.75) is 13.3 Å². The number of hydrogen-bond acceptors (Lipinski definition) is 3. The van der Waals surface area contributed by atoms with Crippen LogP contribution in [0.5, 0.6) is 11.5 Å². The van der Waals surface area contributed by atoms with Crippen LogP contribution in [0.3, 0.4) is 0 Å². The lowest BCUT2D eigenvalue weighted by molar-refractivity contribution is 0.389. The summed E-state index contributed by atoms with van der Waals surface area (Å²) in [5.41, 5.74) is 7.53. The molecule has 0 aliphatic rings. The molecule has 1 rings (SSSR count). The maximum atomic E-state index is 6.16. The standard InChI is InChI=1S/C11H16ClNO2/c1-7-6-8(4-5-13)11(15-3)9(12)10(7)14-2/h6H,4-5,13H2,1-3H3. The zero-order chi connectivity index (χ0) is 11.4. The number of methoxy groups -OCH3 is 2. The number of ether oxygens (including phenoxy) is 2. The van der Waals surface area contributed by atoms with E-state index in [1.54, 1.807) is 14.2 Å². The van der Waals surface area contributed by atoms with Crippen molar-refractivity contribution in [3.8, 4) is 11.5 Å². The number of rotatable bonds is 4. The third kappa shape index (κ3) is 2.36. The van der Waals surface area contributed by atoms with Gasteiger partial charge in [-0.2, -0.15) is 0 Å². The largest absolute Gasteiger partial charge is 0.495 e. The quantitative estimate of drug-likeness (QED) is 0.861. The predicted molar refractivity (Wildman–Crippen MR) is 62.1 cm³/mol. The van der Waals surface area contributed by atoms with Crippen LogP contribution in [0.2, 0.25) is 5.02 Å². The van der Waals surface area contributed by atoms with Gasteiger partial charge in [0.05, 0.1) is 14.2 Å². The molecule has 1 aromatic rings. The average molecular weight is 230 g/mol. The zero-order valence-electron chi connectivity index (χ0n) is 9.26. The Kier molecular flexibility index (Phi) is 4.24. The highest BCUT2D eigenvalue weighted by Crippen LogP contribution is 2.39. The van der Waals surface area contributed by atoms with E-state index in [9.17, 15) is 0 Å². The number of hydrogen-bond donors (Lipinski definition) is 1. The van der Waals surface area contributed by atoms with E-state index in [1.807, 2.05) is 13.0 Å². The first-order valence-corrected chi connectivity index (χ1v) is 5.13. The van der Waals surface area contributed by atoms with Gasteiger partial charge in [-0.1, -0.05) is 11.6 Å². The molecule has 0 aliphatic carbocycles. The molecule has 0 amide bonds. The molecule has 0 fully saturated rings. The lowest BCUT2D eigenvalue weighted by Gasteiger charge is -2.15. The molecule has 0 aromatic heterocycles. The van der Waals surface area contributed by atoms with Crippen LogP contribution in [0.4, 0.5) is 0 Å². The Morgan fingerprint density at radius 2 is 1.87 bits per heavy atom. The summed E-state index contributed by atoms with van der Waals surface area (Å²) < 4.78 is 10.5. The molecule has 0 bridgehead atoms. The molecule has 0 atom stereocenters. The third-order valence-electron chi connectivity index (χ3n) is 2.26. The van der Waals surface area contributed by atoms with Gasteiger partial charge in [0.15, 0.2) is 0 Å². The minimum Gasteiger partial charge on any atom is -0.495 e. The van der Waals surface area contributed by atoms with E-state index in [0.717, 1.165) is 17.5 Å². The Labute approximate surface area is 95.1 Å². The molecule has 0 saturated carbocycles. The van der Waals surface area contributed by atoms with Gasteiger partial charge >= 0.3 is 0 Å². The fraction of sp³-hybridized carbons (Fsp3) is 0.455. The maximum Gasteiger partial charge on any atom is 0.144 e. The van der Waals surface area contributed by atoms with Crippen molar-refractivity contribution in [3.63, 3.8) is 0 Å². The van der Waals surface area contributed by atoms with E-state index in [0.29, 0.717) is 23.1 Å². The van der Waals surface area contributed by atoms with Gasteiger partial charge in [0.25, 0.3) is 0 Å². The number of benzene rings is 1. The molecule has 0 heterocycles. The van der Waals surface area contributed by atoms with Gasteiger partial charge in [0, 0.05) is 0 Å². The van der Waals surface area contributed by atoms with Crippen LogP contribution in [-0.2, 0) is 6.42 Å². The summed E-state index contributed by atoms with van der Waals surface area (Å²) in [5, 5.41) is 0.517. The molecular formula is C11H16ClNO2. The Morgan fingerprint density at radius 1 is 1.27 bits per heavy atom. The summed E-state index contributed by atoms with van der Waals surface area (Å²) in [4.78, 5) is 0. The van der Waals surface area contributed by atoms with Gasteiger partial charge in [0.1, 0.15) is 16.5 Å². The van der Waals surface area contributed by atoms with E-state index in [4.69, 9.17) is 26.8 Å². The van der Waals surface area contributed by atoms with Crippen molar-refractivity contribution < 1.29 is 9.47 Å². The lowest BCUT2D eigenvalue weighted by Crippen LogP contribution is -2.05. The van der Waals surface area contributed by atoms with Crippen LogP contribution in [0.15, 0.2) is 6.07 Å². The fourth-order valence-electron chi connectivity index (χ4n) is 1.62. The van der Waals surface area contributed by atoms with Gasteiger partial charge in [-0.05, 0) is 37.1 Å². The van der Waals surface area contributed by atoms with E-state index in [2.05, 4.69) is 0 Å². The summed E-state index contributed by atoms with van der Waals surface area (Å²) in [5.74, 6) is 1.32. The van der Waals surface area contributed by atoms with Crippen molar-refractivity contribution in [2.75, 3.05) is 20.8 Å². The van der Waals surface area contributed by atoms with Gasteiger partial charge in [-0.15, -0.1) is 0 Å². The molecule has 0 unspecified atom stereocenters. The molecule has 4 heteroatoms. The molecule has 84 valence electrons. The van der Waals surface area contributed by atoms with Gasteiger partial charge in [-0.3, -0.25) is 0 Å². The molecule has 0 aliphatic heterocycles. The first kappa shape index (κ1) is 12.1. The first-order chi connectivity index (χ1) is 7.15. The highest BCUT2D eigenvalue weighted by atomic mass is 35.5. The summed E-state index contributed by atoms with van der Waals surface area (Å²) in [7, 11) is 3.19. The van der Waals surface area contributed by atoms with E-state index < -0.39 is 0 Å². The molecule has 2 N–H and O–H groups in total. The summed E-state index contributed by atoms with van der Waals surface area (Å²) in [6, 6.07) is 2.00. The van der Waals surface area contributed by atoms with Crippen molar-refractivity contribution in [3.05, 3.63) is 22.2 Å². The Morgan fingerprint density at radius 3 is 2.33 bits per heavy atom. The van der Waals surface area contributed by atoms with Crippen LogP contribution in [0, 0.1) is 6.92 Å². The number of nitrogens with two attached hydrogens (primary N) is 1. The second-order valence-corrected chi connectivity index (χ2v) is 3.65. The minimum atomic E-state index is 0.517. The van der Waals surface area contributed by atoms with Crippen molar-refractivity contribution in [2.24, 2.45) is 5.73 Å². The average Bonchev–Trinajstić information content (AvgIpc) is 2.19. The molecule has 3 nitrogen and oxygen atoms in total. The smallest absolute Gasteiger partial charge is 0.144 e. The zero-order valence-corrected chi connectivity index (χ0v) is 10.0. The number of halogens is 1. The lowest BCUT2D eigenvalue weighted by atomic mass is 10.1. The molecule has 15 heavy (non-hydrogen) atoms.